The van der Waals surface area contributed by atoms with E-state index in [9.17, 15) is 30.3 Å². The fraction of sp³-hybridized carbons (Fsp3) is 0.0952. The molecule has 0 radical (unpaired) electrons. The molecule has 5 N–H and O–H groups in total. The van der Waals surface area contributed by atoms with Gasteiger partial charge in [-0.25, -0.2) is 0 Å². The minimum absolute atomic E-state index is 0.00113. The summed E-state index contributed by atoms with van der Waals surface area (Å²) < 4.78 is 0. The van der Waals surface area contributed by atoms with Crippen molar-refractivity contribution in [3.05, 3.63) is 75.3 Å². The molecule has 0 saturated carbocycles. The van der Waals surface area contributed by atoms with E-state index in [0.717, 1.165) is 6.07 Å². The summed E-state index contributed by atoms with van der Waals surface area (Å²) in [5, 5.41) is 49.7. The van der Waals surface area contributed by atoms with Gasteiger partial charge in [0, 0.05) is 41.7 Å². The van der Waals surface area contributed by atoms with Crippen molar-refractivity contribution >= 4 is 17.9 Å². The second-order valence-electron chi connectivity index (χ2n) is 6.36. The van der Waals surface area contributed by atoms with Gasteiger partial charge in [-0.2, -0.15) is 0 Å². The molecule has 7 heteroatoms. The summed E-state index contributed by atoms with van der Waals surface area (Å²) in [6.45, 7) is 0. The largest absolute Gasteiger partial charge is 0.508 e. The van der Waals surface area contributed by atoms with Crippen molar-refractivity contribution in [1.29, 1.82) is 0 Å². The van der Waals surface area contributed by atoms with E-state index in [-0.39, 0.29) is 57.7 Å². The molecule has 0 spiro atoms. The van der Waals surface area contributed by atoms with Crippen molar-refractivity contribution in [2.24, 2.45) is 0 Å². The minimum Gasteiger partial charge on any atom is -0.508 e. The van der Waals surface area contributed by atoms with E-state index in [1.165, 1.54) is 36.4 Å². The number of aldehydes is 1. The van der Waals surface area contributed by atoms with E-state index in [1.54, 1.807) is 0 Å². The molecule has 3 rings (SSSR count). The third kappa shape index (κ3) is 3.82. The summed E-state index contributed by atoms with van der Waals surface area (Å²) in [4.78, 5) is 11.5. The lowest BCUT2D eigenvalue weighted by molar-refractivity contribution is 0.112. The van der Waals surface area contributed by atoms with Crippen molar-refractivity contribution < 1.29 is 30.3 Å². The zero-order valence-electron chi connectivity index (χ0n) is 14.6. The Hall–Kier alpha value is -3.38. The highest BCUT2D eigenvalue weighted by molar-refractivity contribution is 6.33. The molecular weight excluding hydrogens is 384 g/mol. The fourth-order valence-corrected chi connectivity index (χ4v) is 3.30. The SMILES string of the molecule is O=Cc1c(Cl)cc(Cc2ccc(O)cc2O)c(O)c1Cc1ccc(O)cc1O. The zero-order valence-corrected chi connectivity index (χ0v) is 15.3. The highest BCUT2D eigenvalue weighted by Crippen LogP contribution is 2.37. The average Bonchev–Trinajstić information content (AvgIpc) is 2.63. The van der Waals surface area contributed by atoms with Crippen LogP contribution in [0.5, 0.6) is 28.7 Å². The van der Waals surface area contributed by atoms with Crippen LogP contribution < -0.4 is 0 Å². The second-order valence-corrected chi connectivity index (χ2v) is 6.76. The third-order valence-electron chi connectivity index (χ3n) is 4.48. The van der Waals surface area contributed by atoms with Crippen LogP contribution in [0, 0.1) is 0 Å². The van der Waals surface area contributed by atoms with Crippen molar-refractivity contribution in [1.82, 2.24) is 0 Å². The Kier molecular flexibility index (Phi) is 5.33. The topological polar surface area (TPSA) is 118 Å². The number of phenols is 5. The van der Waals surface area contributed by atoms with Gasteiger partial charge in [-0.1, -0.05) is 23.7 Å². The lowest BCUT2D eigenvalue weighted by atomic mass is 9.93. The monoisotopic (exact) mass is 400 g/mol. The predicted octanol–water partition coefficient (Wildman–Crippen LogP) is 3.86. The summed E-state index contributed by atoms with van der Waals surface area (Å²) >= 11 is 6.22. The van der Waals surface area contributed by atoms with Gasteiger partial charge in [0.1, 0.15) is 28.7 Å². The first kappa shape index (κ1) is 19.4. The second kappa shape index (κ2) is 7.70. The summed E-state index contributed by atoms with van der Waals surface area (Å²) in [6, 6.07) is 9.56. The van der Waals surface area contributed by atoms with Crippen LogP contribution in [0.4, 0.5) is 0 Å². The van der Waals surface area contributed by atoms with Crippen molar-refractivity contribution in [2.75, 3.05) is 0 Å². The van der Waals surface area contributed by atoms with Gasteiger partial charge in [0.25, 0.3) is 0 Å². The molecule has 0 saturated heterocycles. The lowest BCUT2D eigenvalue weighted by Gasteiger charge is -2.15. The smallest absolute Gasteiger partial charge is 0.151 e. The van der Waals surface area contributed by atoms with Crippen molar-refractivity contribution in [3.8, 4) is 28.7 Å². The van der Waals surface area contributed by atoms with Gasteiger partial charge >= 0.3 is 0 Å². The molecule has 0 aliphatic heterocycles. The maximum absolute atomic E-state index is 11.5. The molecule has 28 heavy (non-hydrogen) atoms. The van der Waals surface area contributed by atoms with E-state index < -0.39 is 0 Å². The van der Waals surface area contributed by atoms with Gasteiger partial charge in [0.2, 0.25) is 0 Å². The Balaban J connectivity index is 2.07. The van der Waals surface area contributed by atoms with Crippen LogP contribution >= 0.6 is 11.6 Å². The Morgan fingerprint density at radius 1 is 0.750 bits per heavy atom. The van der Waals surface area contributed by atoms with Gasteiger partial charge in [-0.15, -0.1) is 0 Å². The first-order valence-electron chi connectivity index (χ1n) is 8.30. The van der Waals surface area contributed by atoms with Gasteiger partial charge in [0.05, 0.1) is 5.02 Å². The molecule has 3 aromatic carbocycles. The molecule has 0 fully saturated rings. The van der Waals surface area contributed by atoms with E-state index in [4.69, 9.17) is 11.6 Å². The van der Waals surface area contributed by atoms with Gasteiger partial charge in [-0.3, -0.25) is 4.79 Å². The Bertz CT molecular complexity index is 1060. The molecular formula is C21H17ClO6. The van der Waals surface area contributed by atoms with Crippen molar-refractivity contribution in [2.45, 2.75) is 12.8 Å². The number of carbonyl (C=O) groups is 1. The summed E-state index contributed by atoms with van der Waals surface area (Å²) in [7, 11) is 0. The quantitative estimate of drug-likeness (QED) is 0.415. The van der Waals surface area contributed by atoms with Crippen LogP contribution in [0.3, 0.4) is 0 Å². The molecule has 0 aliphatic carbocycles. The number of rotatable bonds is 5. The maximum atomic E-state index is 11.5. The minimum atomic E-state index is -0.188. The number of hydrogen-bond acceptors (Lipinski definition) is 6. The van der Waals surface area contributed by atoms with Gasteiger partial charge < -0.3 is 25.5 Å². The number of phenolic OH excluding ortho intramolecular Hbond substituents is 5. The highest BCUT2D eigenvalue weighted by atomic mass is 35.5. The Morgan fingerprint density at radius 2 is 1.29 bits per heavy atom. The Morgan fingerprint density at radius 3 is 1.79 bits per heavy atom. The summed E-state index contributed by atoms with van der Waals surface area (Å²) in [5.74, 6) is -0.730. The first-order chi connectivity index (χ1) is 13.3. The van der Waals surface area contributed by atoms with Crippen LogP contribution in [-0.4, -0.2) is 31.8 Å². The third-order valence-corrected chi connectivity index (χ3v) is 4.79. The fourth-order valence-electron chi connectivity index (χ4n) is 3.00. The lowest BCUT2D eigenvalue weighted by Crippen LogP contribution is -2.01. The van der Waals surface area contributed by atoms with E-state index in [0.29, 0.717) is 23.0 Å². The standard InChI is InChI=1S/C21H17ClO6/c22-18-7-13(5-11-1-3-14(24)8-19(11)26)21(28)16(17(18)10-23)6-12-2-4-15(25)9-20(12)27/h1-4,7-10,24-28H,5-6H2. The molecule has 0 amide bonds. The van der Waals surface area contributed by atoms with Crippen LogP contribution in [0.15, 0.2) is 42.5 Å². The van der Waals surface area contributed by atoms with E-state index >= 15 is 0 Å². The molecule has 3 aromatic rings. The molecule has 0 unspecified atom stereocenters. The molecule has 0 heterocycles. The average molecular weight is 401 g/mol. The van der Waals surface area contributed by atoms with Crippen molar-refractivity contribution in [3.63, 3.8) is 0 Å². The zero-order chi connectivity index (χ0) is 20.4. The normalized spacial score (nSPS) is 10.8. The van der Waals surface area contributed by atoms with E-state index in [2.05, 4.69) is 0 Å². The highest BCUT2D eigenvalue weighted by Gasteiger charge is 2.19. The molecule has 0 atom stereocenters. The number of halogens is 1. The number of aromatic hydroxyl groups is 5. The van der Waals surface area contributed by atoms with Crippen LogP contribution in [0.2, 0.25) is 5.02 Å². The number of benzene rings is 3. The summed E-state index contributed by atoms with van der Waals surface area (Å²) in [6.07, 6.45) is 0.628. The maximum Gasteiger partial charge on any atom is 0.151 e. The van der Waals surface area contributed by atoms with Crippen LogP contribution in [0.25, 0.3) is 0 Å². The first-order valence-corrected chi connectivity index (χ1v) is 8.68. The van der Waals surface area contributed by atoms with Gasteiger partial charge in [-0.05, 0) is 29.3 Å². The Labute approximate surface area is 165 Å². The molecule has 0 aliphatic rings. The number of carbonyl (C=O) groups excluding carboxylic acids is 1. The summed E-state index contributed by atoms with van der Waals surface area (Å²) in [5.41, 5.74) is 1.50. The molecule has 144 valence electrons. The van der Waals surface area contributed by atoms with Gasteiger partial charge in [0.15, 0.2) is 6.29 Å². The van der Waals surface area contributed by atoms with Crippen LogP contribution in [0.1, 0.15) is 32.6 Å². The molecule has 0 aromatic heterocycles. The molecule has 6 nitrogen and oxygen atoms in total. The van der Waals surface area contributed by atoms with Crippen LogP contribution in [-0.2, 0) is 12.8 Å². The van der Waals surface area contributed by atoms with E-state index in [1.807, 2.05) is 0 Å². The predicted molar refractivity (Wildman–Crippen MR) is 104 cm³/mol. The number of hydrogen-bond donors (Lipinski definition) is 5. The molecule has 0 bridgehead atoms.